The SMILES string of the molecule is CCCCCCC(C)(CCCC)C1CO1. The van der Waals surface area contributed by atoms with Crippen LogP contribution in [0.1, 0.15) is 72.1 Å². The van der Waals surface area contributed by atoms with Crippen LogP contribution in [-0.4, -0.2) is 12.7 Å². The molecule has 0 aliphatic carbocycles. The summed E-state index contributed by atoms with van der Waals surface area (Å²) in [6, 6.07) is 0. The van der Waals surface area contributed by atoms with E-state index < -0.39 is 0 Å². The third-order valence-corrected chi connectivity index (χ3v) is 3.81. The molecule has 0 spiro atoms. The van der Waals surface area contributed by atoms with E-state index in [1.807, 2.05) is 0 Å². The molecule has 0 aromatic carbocycles. The van der Waals surface area contributed by atoms with Gasteiger partial charge in [-0.3, -0.25) is 0 Å². The maximum atomic E-state index is 5.53. The quantitative estimate of drug-likeness (QED) is 0.403. The summed E-state index contributed by atoms with van der Waals surface area (Å²) in [5.41, 5.74) is 0.490. The summed E-state index contributed by atoms with van der Waals surface area (Å²) in [7, 11) is 0. The van der Waals surface area contributed by atoms with E-state index in [-0.39, 0.29) is 0 Å². The van der Waals surface area contributed by atoms with Crippen molar-refractivity contribution in [1.82, 2.24) is 0 Å². The molecule has 1 aliphatic heterocycles. The van der Waals surface area contributed by atoms with E-state index in [1.54, 1.807) is 0 Å². The molecule has 0 radical (unpaired) electrons. The third kappa shape index (κ3) is 4.55. The van der Waals surface area contributed by atoms with Gasteiger partial charge in [-0.25, -0.2) is 0 Å². The van der Waals surface area contributed by atoms with Crippen molar-refractivity contribution >= 4 is 0 Å². The average Bonchev–Trinajstić information content (AvgIpc) is 3.05. The zero-order valence-electron chi connectivity index (χ0n) is 10.8. The first kappa shape index (κ1) is 13.0. The molecule has 1 nitrogen and oxygen atoms in total. The van der Waals surface area contributed by atoms with E-state index in [9.17, 15) is 0 Å². The molecule has 0 bridgehead atoms. The molecule has 1 fully saturated rings. The Balaban J connectivity index is 2.22. The first-order valence-electron chi connectivity index (χ1n) is 6.84. The molecule has 15 heavy (non-hydrogen) atoms. The molecule has 1 saturated heterocycles. The molecule has 0 aromatic rings. The lowest BCUT2D eigenvalue weighted by Gasteiger charge is -2.27. The van der Waals surface area contributed by atoms with Gasteiger partial charge in [-0.05, 0) is 18.3 Å². The van der Waals surface area contributed by atoms with E-state index in [1.165, 1.54) is 51.4 Å². The van der Waals surface area contributed by atoms with Crippen molar-refractivity contribution in [2.24, 2.45) is 5.41 Å². The Kier molecular flexibility index (Phi) is 5.66. The highest BCUT2D eigenvalue weighted by Gasteiger charge is 2.41. The van der Waals surface area contributed by atoms with Gasteiger partial charge in [0, 0.05) is 0 Å². The fourth-order valence-corrected chi connectivity index (χ4v) is 2.43. The maximum absolute atomic E-state index is 5.53. The molecule has 1 aliphatic rings. The van der Waals surface area contributed by atoms with Crippen LogP contribution in [0.2, 0.25) is 0 Å². The van der Waals surface area contributed by atoms with Crippen molar-refractivity contribution in [2.45, 2.75) is 78.2 Å². The van der Waals surface area contributed by atoms with Gasteiger partial charge in [0.2, 0.25) is 0 Å². The first-order valence-corrected chi connectivity index (χ1v) is 6.84. The monoisotopic (exact) mass is 212 g/mol. The Hall–Kier alpha value is -0.0400. The Morgan fingerprint density at radius 3 is 2.13 bits per heavy atom. The smallest absolute Gasteiger partial charge is 0.0863 e. The molecule has 2 unspecified atom stereocenters. The van der Waals surface area contributed by atoms with Gasteiger partial charge in [0.15, 0.2) is 0 Å². The molecule has 0 N–H and O–H groups in total. The predicted molar refractivity (Wildman–Crippen MR) is 66.1 cm³/mol. The summed E-state index contributed by atoms with van der Waals surface area (Å²) in [5.74, 6) is 0. The summed E-state index contributed by atoms with van der Waals surface area (Å²) in [6.45, 7) is 8.02. The molecular weight excluding hydrogens is 184 g/mol. The highest BCUT2D eigenvalue weighted by atomic mass is 16.6. The van der Waals surface area contributed by atoms with Gasteiger partial charge in [-0.2, -0.15) is 0 Å². The minimum absolute atomic E-state index is 0.490. The van der Waals surface area contributed by atoms with Crippen LogP contribution in [0.25, 0.3) is 0 Å². The molecule has 0 amide bonds. The summed E-state index contributed by atoms with van der Waals surface area (Å²) in [5, 5.41) is 0. The Labute approximate surface area is 95.6 Å². The summed E-state index contributed by atoms with van der Waals surface area (Å²) in [4.78, 5) is 0. The van der Waals surface area contributed by atoms with Crippen molar-refractivity contribution in [1.29, 1.82) is 0 Å². The topological polar surface area (TPSA) is 12.5 Å². The van der Waals surface area contributed by atoms with E-state index >= 15 is 0 Å². The van der Waals surface area contributed by atoms with E-state index in [4.69, 9.17) is 4.74 Å². The van der Waals surface area contributed by atoms with Crippen LogP contribution in [0.3, 0.4) is 0 Å². The van der Waals surface area contributed by atoms with Gasteiger partial charge in [-0.15, -0.1) is 0 Å². The van der Waals surface area contributed by atoms with Crippen LogP contribution in [0.4, 0.5) is 0 Å². The number of ether oxygens (including phenoxy) is 1. The van der Waals surface area contributed by atoms with Crippen LogP contribution in [0.5, 0.6) is 0 Å². The minimum atomic E-state index is 0.490. The minimum Gasteiger partial charge on any atom is -0.373 e. The maximum Gasteiger partial charge on any atom is 0.0863 e. The molecule has 1 rings (SSSR count). The molecule has 90 valence electrons. The molecule has 1 heteroatoms. The van der Waals surface area contributed by atoms with E-state index in [0.29, 0.717) is 11.5 Å². The average molecular weight is 212 g/mol. The van der Waals surface area contributed by atoms with Gasteiger partial charge in [0.1, 0.15) is 0 Å². The van der Waals surface area contributed by atoms with Gasteiger partial charge in [-0.1, -0.05) is 59.3 Å². The van der Waals surface area contributed by atoms with Crippen LogP contribution in [0, 0.1) is 5.41 Å². The first-order chi connectivity index (χ1) is 7.23. The lowest BCUT2D eigenvalue weighted by molar-refractivity contribution is 0.178. The second kappa shape index (κ2) is 6.52. The predicted octanol–water partition coefficient (Wildman–Crippen LogP) is 4.55. The number of unbranched alkanes of at least 4 members (excludes halogenated alkanes) is 4. The fraction of sp³-hybridized carbons (Fsp3) is 1.00. The van der Waals surface area contributed by atoms with Gasteiger partial charge in [0.25, 0.3) is 0 Å². The standard InChI is InChI=1S/C14H28O/c1-4-6-8-9-11-14(3,10-7-5-2)13-12-15-13/h13H,4-12H2,1-3H3. The zero-order chi connectivity index (χ0) is 11.1. The Bertz CT molecular complexity index is 163. The largest absolute Gasteiger partial charge is 0.373 e. The summed E-state index contributed by atoms with van der Waals surface area (Å²) < 4.78 is 5.53. The summed E-state index contributed by atoms with van der Waals surface area (Å²) in [6.07, 6.45) is 11.5. The van der Waals surface area contributed by atoms with E-state index in [0.717, 1.165) is 6.61 Å². The van der Waals surface area contributed by atoms with Crippen LogP contribution < -0.4 is 0 Å². The lowest BCUT2D eigenvalue weighted by atomic mass is 9.77. The van der Waals surface area contributed by atoms with Crippen molar-refractivity contribution in [3.05, 3.63) is 0 Å². The van der Waals surface area contributed by atoms with Gasteiger partial charge in [0.05, 0.1) is 12.7 Å². The Morgan fingerprint density at radius 1 is 1.00 bits per heavy atom. The fourth-order valence-electron chi connectivity index (χ4n) is 2.43. The highest BCUT2D eigenvalue weighted by molar-refractivity contribution is 4.90. The third-order valence-electron chi connectivity index (χ3n) is 3.81. The second-order valence-corrected chi connectivity index (χ2v) is 5.39. The molecule has 0 saturated carbocycles. The zero-order valence-corrected chi connectivity index (χ0v) is 10.8. The van der Waals surface area contributed by atoms with Crippen LogP contribution in [-0.2, 0) is 4.74 Å². The van der Waals surface area contributed by atoms with Crippen LogP contribution >= 0.6 is 0 Å². The molecule has 2 atom stereocenters. The van der Waals surface area contributed by atoms with Crippen molar-refractivity contribution in [3.8, 4) is 0 Å². The Morgan fingerprint density at radius 2 is 1.60 bits per heavy atom. The van der Waals surface area contributed by atoms with Crippen molar-refractivity contribution in [3.63, 3.8) is 0 Å². The van der Waals surface area contributed by atoms with Gasteiger partial charge >= 0.3 is 0 Å². The van der Waals surface area contributed by atoms with Crippen molar-refractivity contribution in [2.75, 3.05) is 6.61 Å². The molecule has 1 heterocycles. The highest BCUT2D eigenvalue weighted by Crippen LogP contribution is 2.41. The number of epoxide rings is 1. The number of hydrogen-bond donors (Lipinski definition) is 0. The second-order valence-electron chi connectivity index (χ2n) is 5.39. The van der Waals surface area contributed by atoms with E-state index in [2.05, 4.69) is 20.8 Å². The van der Waals surface area contributed by atoms with Crippen LogP contribution in [0.15, 0.2) is 0 Å². The van der Waals surface area contributed by atoms with Crippen molar-refractivity contribution < 1.29 is 4.74 Å². The number of rotatable bonds is 9. The molecule has 0 aromatic heterocycles. The molecular formula is C14H28O. The normalized spacial score (nSPS) is 23.8. The summed E-state index contributed by atoms with van der Waals surface area (Å²) >= 11 is 0. The number of hydrogen-bond acceptors (Lipinski definition) is 1. The van der Waals surface area contributed by atoms with Gasteiger partial charge < -0.3 is 4.74 Å². The lowest BCUT2D eigenvalue weighted by Crippen LogP contribution is -2.23.